The van der Waals surface area contributed by atoms with Gasteiger partial charge in [0.2, 0.25) is 11.8 Å². The normalized spacial score (nSPS) is 24.0. The molecule has 1 N–H and O–H groups in total. The fourth-order valence-electron chi connectivity index (χ4n) is 6.72. The lowest BCUT2D eigenvalue weighted by Gasteiger charge is -2.50. The standard InChI is InChI=1S/C28H33FN2O2/c1-20-22(10-7-11-24(20)29)23-19-30-25(32)18-27(23)14-16-31(17-15-27)26(33)28(12-5-6-13-28)21-8-3-2-4-9-21/h2-4,7-11,23H,5-6,12-19H2,1H3,(H,30,32). The maximum atomic E-state index is 14.4. The molecular formula is C28H33FN2O2. The van der Waals surface area contributed by atoms with E-state index in [1.54, 1.807) is 6.07 Å². The molecule has 1 unspecified atom stereocenters. The zero-order chi connectivity index (χ0) is 23.1. The first kappa shape index (κ1) is 22.1. The minimum absolute atomic E-state index is 0.0663. The Morgan fingerprint density at radius 3 is 2.39 bits per heavy atom. The Morgan fingerprint density at radius 1 is 1.00 bits per heavy atom. The highest BCUT2D eigenvalue weighted by Gasteiger charge is 2.50. The fourth-order valence-corrected chi connectivity index (χ4v) is 6.72. The van der Waals surface area contributed by atoms with Gasteiger partial charge < -0.3 is 10.2 Å². The van der Waals surface area contributed by atoms with Crippen LogP contribution in [0.4, 0.5) is 4.39 Å². The predicted octanol–water partition coefficient (Wildman–Crippen LogP) is 4.86. The molecule has 2 heterocycles. The summed E-state index contributed by atoms with van der Waals surface area (Å²) in [5.41, 5.74) is 2.16. The third-order valence-corrected chi connectivity index (χ3v) is 8.68. The van der Waals surface area contributed by atoms with Gasteiger partial charge in [0.25, 0.3) is 0 Å². The number of likely N-dealkylation sites (tertiary alicyclic amines) is 1. The van der Waals surface area contributed by atoms with E-state index in [2.05, 4.69) is 17.4 Å². The molecule has 2 saturated heterocycles. The van der Waals surface area contributed by atoms with Crippen molar-refractivity contribution in [2.75, 3.05) is 19.6 Å². The van der Waals surface area contributed by atoms with Gasteiger partial charge in [-0.3, -0.25) is 9.59 Å². The van der Waals surface area contributed by atoms with Crippen LogP contribution in [-0.4, -0.2) is 36.3 Å². The molecule has 3 aliphatic rings. The summed E-state index contributed by atoms with van der Waals surface area (Å²) in [5.74, 6) is 0.187. The van der Waals surface area contributed by atoms with Gasteiger partial charge in [-0.2, -0.15) is 0 Å². The first-order valence-electron chi connectivity index (χ1n) is 12.3. The van der Waals surface area contributed by atoms with Crippen molar-refractivity contribution in [2.45, 2.75) is 63.2 Å². The Kier molecular flexibility index (Phi) is 5.75. The molecule has 1 aliphatic carbocycles. The van der Waals surface area contributed by atoms with Crippen LogP contribution in [0.3, 0.4) is 0 Å². The third-order valence-electron chi connectivity index (χ3n) is 8.68. The molecule has 2 aliphatic heterocycles. The largest absolute Gasteiger partial charge is 0.355 e. The number of carbonyl (C=O) groups excluding carboxylic acids is 2. The van der Waals surface area contributed by atoms with Crippen molar-refractivity contribution in [3.63, 3.8) is 0 Å². The molecule has 2 amide bonds. The van der Waals surface area contributed by atoms with E-state index in [9.17, 15) is 14.0 Å². The molecule has 3 fully saturated rings. The van der Waals surface area contributed by atoms with E-state index in [0.29, 0.717) is 31.6 Å². The number of nitrogens with one attached hydrogen (secondary N) is 1. The molecule has 2 aromatic rings. The number of hydrogen-bond donors (Lipinski definition) is 1. The number of nitrogens with zero attached hydrogens (tertiary/aromatic N) is 1. The number of benzene rings is 2. The Labute approximate surface area is 195 Å². The van der Waals surface area contributed by atoms with Gasteiger partial charge in [0.1, 0.15) is 5.82 Å². The van der Waals surface area contributed by atoms with E-state index in [0.717, 1.165) is 49.7 Å². The monoisotopic (exact) mass is 448 g/mol. The smallest absolute Gasteiger partial charge is 0.233 e. The average molecular weight is 449 g/mol. The van der Waals surface area contributed by atoms with Gasteiger partial charge in [0, 0.05) is 32.0 Å². The van der Waals surface area contributed by atoms with E-state index < -0.39 is 5.41 Å². The average Bonchev–Trinajstić information content (AvgIpc) is 3.33. The number of rotatable bonds is 3. The summed E-state index contributed by atoms with van der Waals surface area (Å²) in [6.07, 6.45) is 5.98. The summed E-state index contributed by atoms with van der Waals surface area (Å²) in [5, 5.41) is 3.01. The number of carbonyl (C=O) groups is 2. The highest BCUT2D eigenvalue weighted by Crippen LogP contribution is 2.51. The lowest BCUT2D eigenvalue weighted by Crippen LogP contribution is -2.55. The molecule has 4 nitrogen and oxygen atoms in total. The van der Waals surface area contributed by atoms with Crippen LogP contribution in [0.2, 0.25) is 0 Å². The number of amides is 2. The van der Waals surface area contributed by atoms with Crippen molar-refractivity contribution >= 4 is 11.8 Å². The molecule has 174 valence electrons. The molecule has 5 heteroatoms. The molecule has 5 rings (SSSR count). The van der Waals surface area contributed by atoms with Crippen molar-refractivity contribution in [2.24, 2.45) is 5.41 Å². The van der Waals surface area contributed by atoms with E-state index >= 15 is 0 Å². The van der Waals surface area contributed by atoms with Gasteiger partial charge >= 0.3 is 0 Å². The van der Waals surface area contributed by atoms with Gasteiger partial charge in [-0.05, 0) is 60.8 Å². The van der Waals surface area contributed by atoms with Crippen molar-refractivity contribution in [3.8, 4) is 0 Å². The Hall–Kier alpha value is -2.69. The van der Waals surface area contributed by atoms with Gasteiger partial charge in [-0.1, -0.05) is 55.3 Å². The second kappa shape index (κ2) is 8.58. The summed E-state index contributed by atoms with van der Waals surface area (Å²) in [6, 6.07) is 15.5. The van der Waals surface area contributed by atoms with Crippen LogP contribution >= 0.6 is 0 Å². The Bertz CT molecular complexity index is 1040. The second-order valence-electron chi connectivity index (χ2n) is 10.3. The van der Waals surface area contributed by atoms with Crippen molar-refractivity contribution < 1.29 is 14.0 Å². The second-order valence-corrected chi connectivity index (χ2v) is 10.3. The summed E-state index contributed by atoms with van der Waals surface area (Å²) in [6.45, 7) is 3.68. The summed E-state index contributed by atoms with van der Waals surface area (Å²) < 4.78 is 14.4. The van der Waals surface area contributed by atoms with Gasteiger partial charge in [0.15, 0.2) is 0 Å². The first-order valence-corrected chi connectivity index (χ1v) is 12.3. The lowest BCUT2D eigenvalue weighted by atomic mass is 9.61. The number of hydrogen-bond acceptors (Lipinski definition) is 2. The molecule has 1 atom stereocenters. The van der Waals surface area contributed by atoms with Crippen LogP contribution < -0.4 is 5.32 Å². The van der Waals surface area contributed by atoms with Crippen LogP contribution in [0.1, 0.15) is 67.6 Å². The minimum atomic E-state index is -0.408. The fraction of sp³-hybridized carbons (Fsp3) is 0.500. The van der Waals surface area contributed by atoms with E-state index in [-0.39, 0.29) is 29.0 Å². The summed E-state index contributed by atoms with van der Waals surface area (Å²) >= 11 is 0. The molecule has 0 bridgehead atoms. The van der Waals surface area contributed by atoms with Crippen LogP contribution in [0.25, 0.3) is 0 Å². The van der Waals surface area contributed by atoms with Crippen LogP contribution in [0.15, 0.2) is 48.5 Å². The highest BCUT2D eigenvalue weighted by atomic mass is 19.1. The maximum Gasteiger partial charge on any atom is 0.233 e. The zero-order valence-corrected chi connectivity index (χ0v) is 19.4. The molecule has 1 spiro atoms. The topological polar surface area (TPSA) is 49.4 Å². The van der Waals surface area contributed by atoms with Crippen molar-refractivity contribution in [1.82, 2.24) is 10.2 Å². The van der Waals surface area contributed by atoms with Gasteiger partial charge in [-0.25, -0.2) is 4.39 Å². The minimum Gasteiger partial charge on any atom is -0.355 e. The summed E-state index contributed by atoms with van der Waals surface area (Å²) in [4.78, 5) is 28.4. The van der Waals surface area contributed by atoms with Crippen molar-refractivity contribution in [3.05, 3.63) is 71.0 Å². The molecular weight excluding hydrogens is 415 g/mol. The molecule has 2 aromatic carbocycles. The first-order chi connectivity index (χ1) is 16.0. The van der Waals surface area contributed by atoms with Crippen LogP contribution in [-0.2, 0) is 15.0 Å². The molecule has 33 heavy (non-hydrogen) atoms. The van der Waals surface area contributed by atoms with E-state index in [4.69, 9.17) is 0 Å². The number of piperidine rings is 2. The Morgan fingerprint density at radius 2 is 1.70 bits per heavy atom. The van der Waals surface area contributed by atoms with Crippen molar-refractivity contribution in [1.29, 1.82) is 0 Å². The third kappa shape index (κ3) is 3.75. The van der Waals surface area contributed by atoms with Gasteiger partial charge in [0.05, 0.1) is 5.41 Å². The number of halogens is 1. The molecule has 1 saturated carbocycles. The van der Waals surface area contributed by atoms with Crippen LogP contribution in [0, 0.1) is 18.2 Å². The lowest BCUT2D eigenvalue weighted by molar-refractivity contribution is -0.141. The van der Waals surface area contributed by atoms with Gasteiger partial charge in [-0.15, -0.1) is 0 Å². The quantitative estimate of drug-likeness (QED) is 0.729. The van der Waals surface area contributed by atoms with E-state index in [1.165, 1.54) is 6.07 Å². The zero-order valence-electron chi connectivity index (χ0n) is 19.4. The Balaban J connectivity index is 1.40. The summed E-state index contributed by atoms with van der Waals surface area (Å²) in [7, 11) is 0. The molecule has 0 aromatic heterocycles. The SMILES string of the molecule is Cc1c(F)cccc1C1CNC(=O)CC12CCN(C(=O)C1(c3ccccc3)CCCC1)CC2. The van der Waals surface area contributed by atoms with E-state index in [1.807, 2.05) is 36.1 Å². The highest BCUT2D eigenvalue weighted by molar-refractivity contribution is 5.89. The predicted molar refractivity (Wildman–Crippen MR) is 126 cm³/mol. The molecule has 0 radical (unpaired) electrons. The van der Waals surface area contributed by atoms with Crippen LogP contribution in [0.5, 0.6) is 0 Å². The maximum absolute atomic E-state index is 14.4.